The van der Waals surface area contributed by atoms with Crippen molar-refractivity contribution in [1.29, 1.82) is 0 Å². The number of carbonyl (C=O) groups excluding carboxylic acids is 1. The highest BCUT2D eigenvalue weighted by molar-refractivity contribution is 6.12. The number of pyridine rings is 2. The largest absolute Gasteiger partial charge is 0.409 e. The van der Waals surface area contributed by atoms with Gasteiger partial charge in [0.15, 0.2) is 18.6 Å². The van der Waals surface area contributed by atoms with Crippen LogP contribution in [0.4, 0.5) is 0 Å². The molecule has 3 aliphatic rings. The highest BCUT2D eigenvalue weighted by Gasteiger charge is 2.52. The average Bonchev–Trinajstić information content (AvgIpc) is 3.71. The van der Waals surface area contributed by atoms with Gasteiger partial charge in [-0.05, 0) is 88.4 Å². The molecule has 0 amide bonds. The normalized spacial score (nSPS) is 17.7. The lowest BCUT2D eigenvalue weighted by Gasteiger charge is -2.34. The van der Waals surface area contributed by atoms with Crippen molar-refractivity contribution in [1.82, 2.24) is 4.57 Å². The maximum Gasteiger partial charge on any atom is 0.409 e. The number of aromatic nitrogens is 3. The van der Waals surface area contributed by atoms with E-state index in [0.717, 1.165) is 24.1 Å². The molecule has 11 rings (SSSR count). The molecule has 5 nitrogen and oxygen atoms in total. The van der Waals surface area contributed by atoms with E-state index >= 15 is 0 Å². The standard InChI is InChI=1S/C51H43N3O2/c1-5-51(6-2)41-23-21-33(34-22-24-44-39(28-34)36-17-13-18-38-46(31(3)4)37-16-9-10-19-43(37)54(44)48(36)38)29-40(41)47-35-15-8-7-14-32(35)25-27-52(47)30-42(51)49-53-26-12-11-20-45(53)50(55)56-49/h7-31,46,49H,5-6H2,1-4H3/q+2. The number of ether oxygens (including phenoxy) is 1. The number of para-hydroxylation sites is 2. The van der Waals surface area contributed by atoms with Gasteiger partial charge < -0.3 is 9.30 Å². The summed E-state index contributed by atoms with van der Waals surface area (Å²) in [5.74, 6) is 0.533. The van der Waals surface area contributed by atoms with Crippen LogP contribution in [0.25, 0.3) is 66.8 Å². The highest BCUT2D eigenvalue weighted by Crippen LogP contribution is 2.51. The molecule has 0 saturated carbocycles. The second-order valence-electron chi connectivity index (χ2n) is 16.1. The molecule has 0 fully saturated rings. The van der Waals surface area contributed by atoms with Gasteiger partial charge in [0.2, 0.25) is 5.69 Å². The molecule has 0 aliphatic carbocycles. The fraction of sp³-hybridized carbons (Fsp3) is 0.196. The molecule has 5 aromatic carbocycles. The lowest BCUT2D eigenvalue weighted by molar-refractivity contribution is -0.735. The quantitative estimate of drug-likeness (QED) is 0.131. The fourth-order valence-electron chi connectivity index (χ4n) is 10.6. The third-order valence-corrected chi connectivity index (χ3v) is 13.2. The minimum absolute atomic E-state index is 0.288. The first-order valence-electron chi connectivity index (χ1n) is 20.1. The lowest BCUT2D eigenvalue weighted by Crippen LogP contribution is -2.45. The smallest absolute Gasteiger partial charge is 0.390 e. The van der Waals surface area contributed by atoms with Crippen LogP contribution in [0.5, 0.6) is 0 Å². The Morgan fingerprint density at radius 2 is 1.48 bits per heavy atom. The van der Waals surface area contributed by atoms with Crippen molar-refractivity contribution < 1.29 is 18.7 Å². The summed E-state index contributed by atoms with van der Waals surface area (Å²) in [4.78, 5) is 13.3. The van der Waals surface area contributed by atoms with Gasteiger partial charge in [-0.2, -0.15) is 4.57 Å². The van der Waals surface area contributed by atoms with E-state index in [0.29, 0.717) is 17.5 Å². The van der Waals surface area contributed by atoms with E-state index in [1.54, 1.807) is 0 Å². The first kappa shape index (κ1) is 33.0. The predicted molar refractivity (Wildman–Crippen MR) is 224 cm³/mol. The second kappa shape index (κ2) is 12.1. The van der Waals surface area contributed by atoms with E-state index in [2.05, 4.69) is 158 Å². The summed E-state index contributed by atoms with van der Waals surface area (Å²) in [6.07, 6.45) is 7.54. The molecule has 5 heteroatoms. The van der Waals surface area contributed by atoms with Crippen LogP contribution in [0.15, 0.2) is 145 Å². The molecule has 0 saturated heterocycles. The van der Waals surface area contributed by atoms with Gasteiger partial charge in [-0.25, -0.2) is 4.79 Å². The monoisotopic (exact) mass is 729 g/mol. The number of rotatable bonds is 5. The molecule has 2 atom stereocenters. The number of cyclic esters (lactones) is 1. The van der Waals surface area contributed by atoms with Crippen molar-refractivity contribution in [3.63, 3.8) is 0 Å². The topological polar surface area (TPSA) is 39.0 Å². The second-order valence-corrected chi connectivity index (χ2v) is 16.1. The van der Waals surface area contributed by atoms with Crippen LogP contribution in [0.1, 0.15) is 79.9 Å². The summed E-state index contributed by atoms with van der Waals surface area (Å²) < 4.78 is 13.1. The summed E-state index contributed by atoms with van der Waals surface area (Å²) in [5, 5.41) is 4.95. The fourth-order valence-corrected chi connectivity index (χ4v) is 10.6. The molecule has 272 valence electrons. The Hall–Kier alpha value is -6.33. The van der Waals surface area contributed by atoms with Crippen LogP contribution in [0, 0.1) is 5.92 Å². The zero-order valence-electron chi connectivity index (χ0n) is 32.2. The van der Waals surface area contributed by atoms with Crippen molar-refractivity contribution in [2.45, 2.75) is 58.1 Å². The molecular formula is C51H43N3O2+2. The molecule has 0 N–H and O–H groups in total. The zero-order chi connectivity index (χ0) is 37.9. The third kappa shape index (κ3) is 4.40. The van der Waals surface area contributed by atoms with Crippen LogP contribution >= 0.6 is 0 Å². The first-order chi connectivity index (χ1) is 27.4. The van der Waals surface area contributed by atoms with E-state index in [1.807, 2.05) is 29.0 Å². The van der Waals surface area contributed by atoms with Crippen molar-refractivity contribution in [3.05, 3.63) is 168 Å². The Morgan fingerprint density at radius 1 is 0.732 bits per heavy atom. The van der Waals surface area contributed by atoms with Crippen LogP contribution in [0.3, 0.4) is 0 Å². The maximum atomic E-state index is 13.3. The Morgan fingerprint density at radius 3 is 2.34 bits per heavy atom. The molecule has 0 bridgehead atoms. The van der Waals surface area contributed by atoms with Gasteiger partial charge in [0.1, 0.15) is 5.57 Å². The predicted octanol–water partition coefficient (Wildman–Crippen LogP) is 11.2. The van der Waals surface area contributed by atoms with Gasteiger partial charge in [-0.3, -0.25) is 0 Å². The molecule has 3 aromatic heterocycles. The number of carbonyl (C=O) groups is 1. The highest BCUT2D eigenvalue weighted by atomic mass is 16.6. The average molecular weight is 730 g/mol. The van der Waals surface area contributed by atoms with Crippen molar-refractivity contribution in [3.8, 4) is 28.1 Å². The Labute approximate surface area is 326 Å². The van der Waals surface area contributed by atoms with Crippen LogP contribution in [-0.2, 0) is 10.2 Å². The summed E-state index contributed by atoms with van der Waals surface area (Å²) in [5.41, 5.74) is 13.9. The van der Waals surface area contributed by atoms with Gasteiger partial charge in [0.25, 0.3) is 5.69 Å². The molecule has 0 radical (unpaired) electrons. The zero-order valence-corrected chi connectivity index (χ0v) is 32.2. The molecule has 3 aliphatic heterocycles. The third-order valence-electron chi connectivity index (χ3n) is 13.2. The van der Waals surface area contributed by atoms with Crippen molar-refractivity contribution >= 4 is 44.7 Å². The first-order valence-corrected chi connectivity index (χ1v) is 20.1. The number of fused-ring (bicyclic) bond motifs is 11. The molecular weight excluding hydrogens is 687 g/mol. The minimum Gasteiger partial charge on any atom is -0.390 e. The van der Waals surface area contributed by atoms with E-state index < -0.39 is 11.6 Å². The van der Waals surface area contributed by atoms with Gasteiger partial charge >= 0.3 is 12.2 Å². The van der Waals surface area contributed by atoms with Gasteiger partial charge in [-0.1, -0.05) is 100 Å². The minimum atomic E-state index is -0.552. The van der Waals surface area contributed by atoms with Gasteiger partial charge in [0, 0.05) is 40.3 Å². The summed E-state index contributed by atoms with van der Waals surface area (Å²) in [7, 11) is 0. The van der Waals surface area contributed by atoms with E-state index in [1.165, 1.54) is 71.6 Å². The van der Waals surface area contributed by atoms with Crippen LogP contribution in [0.2, 0.25) is 0 Å². The Balaban J connectivity index is 1.15. The van der Waals surface area contributed by atoms with Crippen LogP contribution < -0.4 is 9.13 Å². The summed E-state index contributed by atoms with van der Waals surface area (Å²) in [6, 6.07) is 46.6. The Bertz CT molecular complexity index is 3000. The van der Waals surface area contributed by atoms with Gasteiger partial charge in [-0.15, -0.1) is 4.57 Å². The maximum absolute atomic E-state index is 13.3. The van der Waals surface area contributed by atoms with E-state index in [-0.39, 0.29) is 5.97 Å². The summed E-state index contributed by atoms with van der Waals surface area (Å²) >= 11 is 0. The van der Waals surface area contributed by atoms with Crippen molar-refractivity contribution in [2.24, 2.45) is 5.92 Å². The number of benzene rings is 5. The molecule has 56 heavy (non-hydrogen) atoms. The molecule has 8 aromatic rings. The molecule has 6 heterocycles. The van der Waals surface area contributed by atoms with E-state index in [4.69, 9.17) is 4.74 Å². The number of esters is 1. The summed E-state index contributed by atoms with van der Waals surface area (Å²) in [6.45, 7) is 9.23. The Kier molecular flexibility index (Phi) is 7.13. The molecule has 2 unspecified atom stereocenters. The van der Waals surface area contributed by atoms with Crippen LogP contribution in [-0.4, -0.2) is 10.5 Å². The lowest BCUT2D eigenvalue weighted by atomic mass is 9.68. The van der Waals surface area contributed by atoms with Gasteiger partial charge in [0.05, 0.1) is 27.7 Å². The number of hydrogen-bond acceptors (Lipinski definition) is 2. The SMILES string of the molecule is CCC1(CC)C(C2OC(=O)c3cccc[n+]32)=C[n+]2ccc3ccccc3c2-c2cc(-c3ccc4c(c3)c3cccc5c3n4-c3ccccc3C5C(C)C)ccc21. The van der Waals surface area contributed by atoms with E-state index in [9.17, 15) is 4.79 Å². The number of hydrogen-bond donors (Lipinski definition) is 0. The van der Waals surface area contributed by atoms with Crippen molar-refractivity contribution in [2.75, 3.05) is 0 Å². The number of nitrogens with zero attached hydrogens (tertiary/aromatic N) is 3. The molecule has 0 spiro atoms.